The first kappa shape index (κ1) is 13.2. The lowest BCUT2D eigenvalue weighted by atomic mass is 10.1. The maximum Gasteiger partial charge on any atom is 0.0992 e. The van der Waals surface area contributed by atoms with E-state index in [0.29, 0.717) is 17.1 Å². The van der Waals surface area contributed by atoms with Crippen molar-refractivity contribution in [3.63, 3.8) is 0 Å². The molecule has 1 aromatic carbocycles. The highest BCUT2D eigenvalue weighted by Gasteiger charge is 2.25. The zero-order valence-electron chi connectivity index (χ0n) is 10.4. The molecule has 2 rings (SSSR count). The molecule has 0 amide bonds. The van der Waals surface area contributed by atoms with Crippen molar-refractivity contribution < 1.29 is 0 Å². The number of halogens is 1. The topological polar surface area (TPSA) is 56.3 Å². The van der Waals surface area contributed by atoms with Crippen molar-refractivity contribution in [2.75, 3.05) is 38.1 Å². The summed E-state index contributed by atoms with van der Waals surface area (Å²) in [5, 5.41) is 9.47. The second kappa shape index (κ2) is 5.57. The summed E-state index contributed by atoms with van der Waals surface area (Å²) < 4.78 is 0. The monoisotopic (exact) mass is 264 g/mol. The van der Waals surface area contributed by atoms with Crippen LogP contribution in [0.3, 0.4) is 0 Å². The van der Waals surface area contributed by atoms with Crippen molar-refractivity contribution in [1.82, 2.24) is 4.90 Å². The number of anilines is 1. The van der Waals surface area contributed by atoms with Gasteiger partial charge in [-0.2, -0.15) is 5.26 Å². The van der Waals surface area contributed by atoms with Crippen LogP contribution in [-0.2, 0) is 0 Å². The van der Waals surface area contributed by atoms with Crippen molar-refractivity contribution in [2.45, 2.75) is 6.04 Å². The van der Waals surface area contributed by atoms with E-state index in [4.69, 9.17) is 22.6 Å². The summed E-state index contributed by atoms with van der Waals surface area (Å²) in [4.78, 5) is 4.51. The molecule has 0 bridgehead atoms. The van der Waals surface area contributed by atoms with Gasteiger partial charge in [-0.1, -0.05) is 11.6 Å². The standard InChI is InChI=1S/C13H17ClN4/c1-17-4-5-18(11(8-16)9-17)13-3-2-10(7-15)6-12(13)14/h2-3,6,11H,4-5,8-9,16H2,1H3. The van der Waals surface area contributed by atoms with E-state index in [2.05, 4.69) is 22.9 Å². The fraction of sp³-hybridized carbons (Fsp3) is 0.462. The van der Waals surface area contributed by atoms with Gasteiger partial charge in [-0.25, -0.2) is 0 Å². The summed E-state index contributed by atoms with van der Waals surface area (Å²) in [6, 6.07) is 7.79. The number of likely N-dealkylation sites (N-methyl/N-ethyl adjacent to an activating group) is 1. The minimum absolute atomic E-state index is 0.272. The van der Waals surface area contributed by atoms with Crippen LogP contribution in [-0.4, -0.2) is 44.2 Å². The van der Waals surface area contributed by atoms with Crippen LogP contribution in [0, 0.1) is 11.3 Å². The minimum Gasteiger partial charge on any atom is -0.363 e. The van der Waals surface area contributed by atoms with Gasteiger partial charge < -0.3 is 15.5 Å². The molecule has 4 nitrogen and oxygen atoms in total. The molecule has 2 N–H and O–H groups in total. The normalized spacial score (nSPS) is 20.8. The summed E-state index contributed by atoms with van der Waals surface area (Å²) in [6.07, 6.45) is 0. The average Bonchev–Trinajstić information content (AvgIpc) is 2.39. The molecule has 1 heterocycles. The highest BCUT2D eigenvalue weighted by Crippen LogP contribution is 2.29. The fourth-order valence-electron chi connectivity index (χ4n) is 2.34. The summed E-state index contributed by atoms with van der Waals surface area (Å²) in [7, 11) is 2.10. The third-order valence-corrected chi connectivity index (χ3v) is 3.65. The Bertz CT molecular complexity index is 469. The molecular weight excluding hydrogens is 248 g/mol. The number of piperazine rings is 1. The van der Waals surface area contributed by atoms with Crippen LogP contribution < -0.4 is 10.6 Å². The molecule has 1 fully saturated rings. The number of hydrogen-bond acceptors (Lipinski definition) is 4. The second-order valence-electron chi connectivity index (χ2n) is 4.62. The van der Waals surface area contributed by atoms with Crippen LogP contribution in [0.4, 0.5) is 5.69 Å². The largest absolute Gasteiger partial charge is 0.363 e. The number of benzene rings is 1. The van der Waals surface area contributed by atoms with Crippen molar-refractivity contribution in [2.24, 2.45) is 5.73 Å². The predicted octanol–water partition coefficient (Wildman–Crippen LogP) is 1.29. The van der Waals surface area contributed by atoms with Gasteiger partial charge in [-0.05, 0) is 25.2 Å². The SMILES string of the molecule is CN1CCN(c2ccc(C#N)cc2Cl)C(CN)C1. The van der Waals surface area contributed by atoms with Crippen LogP contribution in [0.25, 0.3) is 0 Å². The molecule has 0 saturated carbocycles. The van der Waals surface area contributed by atoms with E-state index in [9.17, 15) is 0 Å². The molecule has 0 radical (unpaired) electrons. The molecule has 5 heteroatoms. The van der Waals surface area contributed by atoms with E-state index in [0.717, 1.165) is 25.3 Å². The first-order valence-corrected chi connectivity index (χ1v) is 6.38. The Kier molecular flexibility index (Phi) is 4.07. The predicted molar refractivity (Wildman–Crippen MR) is 73.9 cm³/mol. The molecule has 1 aliphatic heterocycles. The van der Waals surface area contributed by atoms with E-state index in [1.54, 1.807) is 12.1 Å². The van der Waals surface area contributed by atoms with Gasteiger partial charge in [-0.3, -0.25) is 0 Å². The quantitative estimate of drug-likeness (QED) is 0.875. The zero-order chi connectivity index (χ0) is 13.1. The molecule has 0 spiro atoms. The summed E-state index contributed by atoms with van der Waals surface area (Å²) in [5.41, 5.74) is 7.39. The molecule has 1 aromatic rings. The lowest BCUT2D eigenvalue weighted by molar-refractivity contribution is 0.270. The van der Waals surface area contributed by atoms with Gasteiger partial charge in [0.25, 0.3) is 0 Å². The molecule has 18 heavy (non-hydrogen) atoms. The Labute approximate surface area is 113 Å². The molecule has 0 aliphatic carbocycles. The van der Waals surface area contributed by atoms with Crippen molar-refractivity contribution in [1.29, 1.82) is 5.26 Å². The lowest BCUT2D eigenvalue weighted by Gasteiger charge is -2.41. The summed E-state index contributed by atoms with van der Waals surface area (Å²) in [6.45, 7) is 3.43. The Morgan fingerprint density at radius 2 is 2.28 bits per heavy atom. The molecule has 1 atom stereocenters. The molecule has 1 saturated heterocycles. The third kappa shape index (κ3) is 2.59. The van der Waals surface area contributed by atoms with Crippen LogP contribution in [0.5, 0.6) is 0 Å². The minimum atomic E-state index is 0.272. The van der Waals surface area contributed by atoms with Gasteiger partial charge in [0, 0.05) is 26.2 Å². The number of nitriles is 1. The lowest BCUT2D eigenvalue weighted by Crippen LogP contribution is -2.55. The van der Waals surface area contributed by atoms with Crippen molar-refractivity contribution in [3.8, 4) is 6.07 Å². The fourth-order valence-corrected chi connectivity index (χ4v) is 2.63. The number of rotatable bonds is 2. The third-order valence-electron chi connectivity index (χ3n) is 3.34. The van der Waals surface area contributed by atoms with Crippen molar-refractivity contribution >= 4 is 17.3 Å². The van der Waals surface area contributed by atoms with Gasteiger partial charge in [0.2, 0.25) is 0 Å². The Morgan fingerprint density at radius 3 is 2.89 bits per heavy atom. The number of nitrogens with two attached hydrogens (primary N) is 1. The second-order valence-corrected chi connectivity index (χ2v) is 5.03. The molecular formula is C13H17ClN4. The molecule has 1 aliphatic rings. The van der Waals surface area contributed by atoms with E-state index in [-0.39, 0.29) is 6.04 Å². The maximum atomic E-state index is 8.85. The average molecular weight is 265 g/mol. The summed E-state index contributed by atoms with van der Waals surface area (Å²) in [5.74, 6) is 0. The highest BCUT2D eigenvalue weighted by atomic mass is 35.5. The van der Waals surface area contributed by atoms with Crippen molar-refractivity contribution in [3.05, 3.63) is 28.8 Å². The number of nitrogens with zero attached hydrogens (tertiary/aromatic N) is 3. The van der Waals surface area contributed by atoms with Gasteiger partial charge >= 0.3 is 0 Å². The molecule has 0 aromatic heterocycles. The molecule has 96 valence electrons. The zero-order valence-corrected chi connectivity index (χ0v) is 11.2. The maximum absolute atomic E-state index is 8.85. The van der Waals surface area contributed by atoms with Gasteiger partial charge in [0.05, 0.1) is 28.4 Å². The van der Waals surface area contributed by atoms with E-state index in [1.807, 2.05) is 6.07 Å². The van der Waals surface area contributed by atoms with E-state index >= 15 is 0 Å². The summed E-state index contributed by atoms with van der Waals surface area (Å²) >= 11 is 6.25. The van der Waals surface area contributed by atoms with Gasteiger partial charge in [0.1, 0.15) is 0 Å². The van der Waals surface area contributed by atoms with Crippen LogP contribution in [0.2, 0.25) is 5.02 Å². The Hall–Kier alpha value is -1.28. The van der Waals surface area contributed by atoms with Gasteiger partial charge in [-0.15, -0.1) is 0 Å². The highest BCUT2D eigenvalue weighted by molar-refractivity contribution is 6.33. The Balaban J connectivity index is 2.27. The van der Waals surface area contributed by atoms with E-state index < -0.39 is 0 Å². The smallest absolute Gasteiger partial charge is 0.0992 e. The van der Waals surface area contributed by atoms with E-state index in [1.165, 1.54) is 0 Å². The Morgan fingerprint density at radius 1 is 1.50 bits per heavy atom. The first-order valence-electron chi connectivity index (χ1n) is 6.00. The molecule has 1 unspecified atom stereocenters. The first-order chi connectivity index (χ1) is 8.65. The van der Waals surface area contributed by atoms with Gasteiger partial charge in [0.15, 0.2) is 0 Å². The van der Waals surface area contributed by atoms with Crippen LogP contribution in [0.1, 0.15) is 5.56 Å². The van der Waals surface area contributed by atoms with Crippen LogP contribution >= 0.6 is 11.6 Å². The van der Waals surface area contributed by atoms with Crippen LogP contribution in [0.15, 0.2) is 18.2 Å². The number of hydrogen-bond donors (Lipinski definition) is 1.